The molecule has 56 valence electrons. The smallest absolute Gasteiger partial charge is 0.353 e. The molecule has 2 rings (SSSR count). The van der Waals surface area contributed by atoms with Crippen LogP contribution in [0.25, 0.3) is 0 Å². The molecule has 0 unspecified atom stereocenters. The predicted octanol–water partition coefficient (Wildman–Crippen LogP) is 0.942. The molecule has 1 spiro atoms. The monoisotopic (exact) mass is 160 g/mol. The lowest BCUT2D eigenvalue weighted by molar-refractivity contribution is -0.144. The van der Waals surface area contributed by atoms with E-state index in [1.165, 1.54) is 12.0 Å². The molecule has 2 fully saturated rings. The van der Waals surface area contributed by atoms with Gasteiger partial charge < -0.3 is 4.74 Å². The topological polar surface area (TPSA) is 38.8 Å². The average molecular weight is 160 g/mol. The van der Waals surface area contributed by atoms with E-state index in [0.29, 0.717) is 0 Å². The fraction of sp³-hybridized carbons (Fsp3) is 0.833. The Morgan fingerprint density at radius 3 is 2.40 bits per heavy atom. The fourth-order valence-corrected chi connectivity index (χ4v) is 1.88. The van der Waals surface area contributed by atoms with E-state index in [-0.39, 0.29) is 18.0 Å². The van der Waals surface area contributed by atoms with Gasteiger partial charge in [-0.05, 0) is 6.92 Å². The summed E-state index contributed by atoms with van der Waals surface area (Å²) in [6.07, 6.45) is 0.00231. The second-order valence-corrected chi connectivity index (χ2v) is 3.67. The highest BCUT2D eigenvalue weighted by Crippen LogP contribution is 2.58. The Labute approximate surface area is 63.3 Å². The minimum Gasteiger partial charge on any atom is -0.459 e. The van der Waals surface area contributed by atoms with E-state index in [9.17, 15) is 4.79 Å². The molecule has 0 bridgehead atoms. The molecule has 0 saturated carbocycles. The molecule has 0 aromatic heterocycles. The van der Waals surface area contributed by atoms with Crippen LogP contribution in [0.2, 0.25) is 0 Å². The normalized spacial score (nSPS) is 51.6. The van der Waals surface area contributed by atoms with Crippen molar-refractivity contribution in [3.05, 3.63) is 0 Å². The van der Waals surface area contributed by atoms with Crippen molar-refractivity contribution in [2.45, 2.75) is 24.9 Å². The summed E-state index contributed by atoms with van der Waals surface area (Å²) in [7, 11) is 0. The molecule has 3 nitrogen and oxygen atoms in total. The van der Waals surface area contributed by atoms with Crippen LogP contribution >= 0.6 is 12.0 Å². The standard InChI is InChI=1S/C6H8O3S/c1-3-4(2)8-5(7)6(3)9-10-6/h3-4H,1-2H3/t3-,4+,6+/m0/s1. The third-order valence-electron chi connectivity index (χ3n) is 2.14. The average Bonchev–Trinajstić information content (AvgIpc) is 2.61. The van der Waals surface area contributed by atoms with Gasteiger partial charge in [0.2, 0.25) is 0 Å². The van der Waals surface area contributed by atoms with Gasteiger partial charge in [0.25, 0.3) is 4.93 Å². The maximum atomic E-state index is 11.0. The quantitative estimate of drug-likeness (QED) is 0.300. The first-order valence-corrected chi connectivity index (χ1v) is 3.99. The van der Waals surface area contributed by atoms with Crippen molar-refractivity contribution >= 4 is 18.0 Å². The Balaban J connectivity index is 2.27. The van der Waals surface area contributed by atoms with Crippen molar-refractivity contribution < 1.29 is 13.7 Å². The zero-order chi connectivity index (χ0) is 7.35. The molecule has 0 N–H and O–H groups in total. The first-order valence-electron chi connectivity index (χ1n) is 3.25. The first kappa shape index (κ1) is 6.49. The third-order valence-corrected chi connectivity index (χ3v) is 3.21. The van der Waals surface area contributed by atoms with Gasteiger partial charge in [0.05, 0.1) is 0 Å². The first-order chi connectivity index (χ1) is 4.67. The Bertz CT molecular complexity index is 187. The largest absolute Gasteiger partial charge is 0.459 e. The molecular weight excluding hydrogens is 152 g/mol. The summed E-state index contributed by atoms with van der Waals surface area (Å²) in [6, 6.07) is 0. The molecule has 2 heterocycles. The van der Waals surface area contributed by atoms with Crippen LogP contribution in [0, 0.1) is 5.92 Å². The summed E-state index contributed by atoms with van der Waals surface area (Å²) in [5.41, 5.74) is 0. The van der Waals surface area contributed by atoms with E-state index in [0.717, 1.165) is 0 Å². The third kappa shape index (κ3) is 0.582. The summed E-state index contributed by atoms with van der Waals surface area (Å²) in [5.74, 6) is -0.0255. The van der Waals surface area contributed by atoms with E-state index < -0.39 is 4.93 Å². The lowest BCUT2D eigenvalue weighted by atomic mass is 10.0. The minimum absolute atomic E-state index is 0.00231. The summed E-state index contributed by atoms with van der Waals surface area (Å²) in [4.78, 5) is 10.4. The van der Waals surface area contributed by atoms with Gasteiger partial charge in [-0.15, -0.1) is 0 Å². The molecule has 10 heavy (non-hydrogen) atoms. The van der Waals surface area contributed by atoms with E-state index in [1.807, 2.05) is 13.8 Å². The summed E-state index contributed by atoms with van der Waals surface area (Å²) < 4.78 is 9.96. The van der Waals surface area contributed by atoms with Crippen molar-refractivity contribution in [3.63, 3.8) is 0 Å². The molecule has 2 aliphatic rings. The summed E-state index contributed by atoms with van der Waals surface area (Å²) in [5, 5.41) is 0. The van der Waals surface area contributed by atoms with Crippen molar-refractivity contribution in [3.8, 4) is 0 Å². The zero-order valence-electron chi connectivity index (χ0n) is 5.79. The predicted molar refractivity (Wildman–Crippen MR) is 36.1 cm³/mol. The second-order valence-electron chi connectivity index (χ2n) is 2.73. The van der Waals surface area contributed by atoms with Crippen LogP contribution < -0.4 is 0 Å². The maximum absolute atomic E-state index is 11.0. The fourth-order valence-electron chi connectivity index (χ4n) is 1.11. The molecule has 0 aromatic rings. The van der Waals surface area contributed by atoms with Crippen LogP contribution in [0.5, 0.6) is 0 Å². The molecule has 0 aromatic carbocycles. The highest BCUT2D eigenvalue weighted by Gasteiger charge is 2.67. The number of cyclic esters (lactones) is 1. The van der Waals surface area contributed by atoms with Crippen LogP contribution in [0.15, 0.2) is 0 Å². The van der Waals surface area contributed by atoms with Crippen LogP contribution in [-0.4, -0.2) is 17.0 Å². The number of hydrogen-bond acceptors (Lipinski definition) is 4. The zero-order valence-corrected chi connectivity index (χ0v) is 6.60. The molecule has 0 amide bonds. The minimum atomic E-state index is -0.612. The Kier molecular flexibility index (Phi) is 1.09. The van der Waals surface area contributed by atoms with E-state index in [1.54, 1.807) is 0 Å². The van der Waals surface area contributed by atoms with E-state index in [4.69, 9.17) is 8.92 Å². The molecule has 3 atom stereocenters. The van der Waals surface area contributed by atoms with Crippen molar-refractivity contribution in [2.75, 3.05) is 0 Å². The highest BCUT2D eigenvalue weighted by molar-refractivity contribution is 8.02. The van der Waals surface area contributed by atoms with Crippen molar-refractivity contribution in [2.24, 2.45) is 5.92 Å². The molecule has 0 aliphatic carbocycles. The second kappa shape index (κ2) is 1.68. The Hall–Kier alpha value is -0.220. The Morgan fingerprint density at radius 1 is 1.60 bits per heavy atom. The van der Waals surface area contributed by atoms with Crippen LogP contribution in [-0.2, 0) is 13.7 Å². The van der Waals surface area contributed by atoms with Crippen molar-refractivity contribution in [1.29, 1.82) is 0 Å². The van der Waals surface area contributed by atoms with Gasteiger partial charge in [0.1, 0.15) is 6.10 Å². The number of rotatable bonds is 0. The number of carbonyl (C=O) groups is 1. The number of ether oxygens (including phenoxy) is 1. The van der Waals surface area contributed by atoms with Gasteiger partial charge in [-0.2, -0.15) is 0 Å². The van der Waals surface area contributed by atoms with Gasteiger partial charge in [-0.1, -0.05) is 6.92 Å². The van der Waals surface area contributed by atoms with Crippen LogP contribution in [0.1, 0.15) is 13.8 Å². The summed E-state index contributed by atoms with van der Waals surface area (Å²) in [6.45, 7) is 3.86. The molecular formula is C6H8O3S. The van der Waals surface area contributed by atoms with Gasteiger partial charge in [-0.25, -0.2) is 4.79 Å². The van der Waals surface area contributed by atoms with Gasteiger partial charge in [0, 0.05) is 18.0 Å². The van der Waals surface area contributed by atoms with Gasteiger partial charge >= 0.3 is 5.97 Å². The lowest BCUT2D eigenvalue weighted by Gasteiger charge is -2.05. The molecule has 2 saturated heterocycles. The molecule has 4 heteroatoms. The SMILES string of the molecule is C[C@H]1OC(=O)[C@@]2(OS2)[C@H]1C. The van der Waals surface area contributed by atoms with E-state index in [2.05, 4.69) is 0 Å². The van der Waals surface area contributed by atoms with E-state index >= 15 is 0 Å². The van der Waals surface area contributed by atoms with Crippen molar-refractivity contribution in [1.82, 2.24) is 0 Å². The van der Waals surface area contributed by atoms with Crippen LogP contribution in [0.3, 0.4) is 0 Å². The Morgan fingerprint density at radius 2 is 2.20 bits per heavy atom. The molecule has 2 aliphatic heterocycles. The summed E-state index contributed by atoms with van der Waals surface area (Å²) >= 11 is 1.22. The molecule has 0 radical (unpaired) electrons. The highest BCUT2D eigenvalue weighted by atomic mass is 32.2. The van der Waals surface area contributed by atoms with Crippen LogP contribution in [0.4, 0.5) is 0 Å². The maximum Gasteiger partial charge on any atom is 0.353 e. The van der Waals surface area contributed by atoms with Gasteiger partial charge in [0.15, 0.2) is 0 Å². The number of carbonyl (C=O) groups excluding carboxylic acids is 1. The number of esters is 1. The number of hydrogen-bond donors (Lipinski definition) is 0. The van der Waals surface area contributed by atoms with Gasteiger partial charge in [-0.3, -0.25) is 4.18 Å². The lowest BCUT2D eigenvalue weighted by Crippen LogP contribution is -2.23.